The second-order valence-corrected chi connectivity index (χ2v) is 11.8. The summed E-state index contributed by atoms with van der Waals surface area (Å²) < 4.78 is 5.49. The highest BCUT2D eigenvalue weighted by atomic mass is 16.5. The fraction of sp³-hybridized carbons (Fsp3) is 0.469. The zero-order valence-corrected chi connectivity index (χ0v) is 25.5. The van der Waals surface area contributed by atoms with Gasteiger partial charge in [-0.25, -0.2) is 9.78 Å². The number of carbonyl (C=O) groups excluding carboxylic acids is 2. The lowest BCUT2D eigenvalue weighted by atomic mass is 10.0. The van der Waals surface area contributed by atoms with Crippen molar-refractivity contribution >= 4 is 29.3 Å². The van der Waals surface area contributed by atoms with Gasteiger partial charge in [0.1, 0.15) is 5.82 Å². The molecule has 1 aromatic heterocycles. The number of aromatic nitrogens is 3. The van der Waals surface area contributed by atoms with E-state index in [1.54, 1.807) is 24.3 Å². The molecule has 228 valence electrons. The average molecular weight is 587 g/mol. The Kier molecular flexibility index (Phi) is 9.83. The second kappa shape index (κ2) is 13.9. The van der Waals surface area contributed by atoms with Crippen LogP contribution in [0, 0.1) is 5.92 Å². The van der Waals surface area contributed by atoms with Crippen LogP contribution < -0.4 is 15.5 Å². The molecule has 11 heteroatoms. The number of anilines is 3. The summed E-state index contributed by atoms with van der Waals surface area (Å²) in [5.74, 6) is 2.50. The van der Waals surface area contributed by atoms with Gasteiger partial charge in [-0.3, -0.25) is 4.79 Å². The van der Waals surface area contributed by atoms with Crippen molar-refractivity contribution in [3.63, 3.8) is 0 Å². The molecule has 0 unspecified atom stereocenters. The number of piperidine rings is 1. The van der Waals surface area contributed by atoms with Gasteiger partial charge in [-0.2, -0.15) is 9.97 Å². The minimum Gasteiger partial charge on any atom is -0.378 e. The SMILES string of the molecule is CC(C)Cc1nc(-c2ccc(NC(=O)Nc3ccc(C(=O)N4CCC(N(C)C)CC4)cc3)cc2)nc(N2CCOCC2)n1. The van der Waals surface area contributed by atoms with Crippen molar-refractivity contribution in [2.24, 2.45) is 5.92 Å². The Labute approximate surface area is 253 Å². The lowest BCUT2D eigenvalue weighted by Crippen LogP contribution is -2.44. The van der Waals surface area contributed by atoms with Crippen molar-refractivity contribution < 1.29 is 14.3 Å². The van der Waals surface area contributed by atoms with Crippen LogP contribution in [0.4, 0.5) is 22.1 Å². The summed E-state index contributed by atoms with van der Waals surface area (Å²) in [6.07, 6.45) is 2.71. The third-order valence-corrected chi connectivity index (χ3v) is 7.83. The van der Waals surface area contributed by atoms with Gasteiger partial charge in [0.25, 0.3) is 5.91 Å². The van der Waals surface area contributed by atoms with Crippen LogP contribution in [0.3, 0.4) is 0 Å². The Morgan fingerprint density at radius 3 is 2.07 bits per heavy atom. The molecule has 0 atom stereocenters. The van der Waals surface area contributed by atoms with Gasteiger partial charge < -0.3 is 30.1 Å². The predicted octanol–water partition coefficient (Wildman–Crippen LogP) is 4.38. The smallest absolute Gasteiger partial charge is 0.323 e. The summed E-state index contributed by atoms with van der Waals surface area (Å²) in [6, 6.07) is 14.6. The number of morpholine rings is 1. The maximum Gasteiger partial charge on any atom is 0.323 e. The van der Waals surface area contributed by atoms with E-state index in [4.69, 9.17) is 19.7 Å². The zero-order chi connectivity index (χ0) is 30.3. The first kappa shape index (κ1) is 30.4. The van der Waals surface area contributed by atoms with Gasteiger partial charge in [0, 0.05) is 61.1 Å². The van der Waals surface area contributed by atoms with E-state index in [0.717, 1.165) is 56.8 Å². The van der Waals surface area contributed by atoms with Crippen LogP contribution in [0.25, 0.3) is 11.4 Å². The largest absolute Gasteiger partial charge is 0.378 e. The molecule has 2 aliphatic rings. The van der Waals surface area contributed by atoms with Crippen LogP contribution in [0.5, 0.6) is 0 Å². The maximum atomic E-state index is 12.9. The quantitative estimate of drug-likeness (QED) is 0.400. The summed E-state index contributed by atoms with van der Waals surface area (Å²) in [7, 11) is 4.17. The fourth-order valence-corrected chi connectivity index (χ4v) is 5.36. The molecule has 3 heterocycles. The Balaban J connectivity index is 1.18. The minimum atomic E-state index is -0.369. The molecule has 0 saturated carbocycles. The molecule has 2 N–H and O–H groups in total. The van der Waals surface area contributed by atoms with E-state index >= 15 is 0 Å². The lowest BCUT2D eigenvalue weighted by Gasteiger charge is -2.35. The van der Waals surface area contributed by atoms with Crippen LogP contribution >= 0.6 is 0 Å². The normalized spacial score (nSPS) is 16.0. The fourth-order valence-electron chi connectivity index (χ4n) is 5.36. The van der Waals surface area contributed by atoms with E-state index in [0.29, 0.717) is 53.9 Å². The molecule has 2 aliphatic heterocycles. The van der Waals surface area contributed by atoms with Gasteiger partial charge in [0.05, 0.1) is 13.2 Å². The van der Waals surface area contributed by atoms with Gasteiger partial charge in [0.2, 0.25) is 5.95 Å². The second-order valence-electron chi connectivity index (χ2n) is 11.8. The molecule has 43 heavy (non-hydrogen) atoms. The molecule has 0 spiro atoms. The Morgan fingerprint density at radius 1 is 0.884 bits per heavy atom. The molecule has 0 radical (unpaired) electrons. The summed E-state index contributed by atoms with van der Waals surface area (Å²) in [6.45, 7) is 8.60. The van der Waals surface area contributed by atoms with Crippen molar-refractivity contribution in [3.05, 3.63) is 59.9 Å². The van der Waals surface area contributed by atoms with E-state index in [-0.39, 0.29) is 11.9 Å². The highest BCUT2D eigenvalue weighted by molar-refractivity contribution is 6.00. The molecule has 11 nitrogen and oxygen atoms in total. The number of amides is 3. The number of urea groups is 1. The van der Waals surface area contributed by atoms with Crippen molar-refractivity contribution in [2.45, 2.75) is 39.2 Å². The highest BCUT2D eigenvalue weighted by Crippen LogP contribution is 2.23. The van der Waals surface area contributed by atoms with Crippen molar-refractivity contribution in [1.82, 2.24) is 24.8 Å². The predicted molar refractivity (Wildman–Crippen MR) is 169 cm³/mol. The number of benzene rings is 2. The zero-order valence-electron chi connectivity index (χ0n) is 25.5. The van der Waals surface area contributed by atoms with Gasteiger partial charge >= 0.3 is 6.03 Å². The summed E-state index contributed by atoms with van der Waals surface area (Å²) >= 11 is 0. The van der Waals surface area contributed by atoms with E-state index in [1.165, 1.54) is 0 Å². The first-order chi connectivity index (χ1) is 20.7. The van der Waals surface area contributed by atoms with Gasteiger partial charge in [-0.15, -0.1) is 0 Å². The van der Waals surface area contributed by atoms with Crippen LogP contribution in [0.2, 0.25) is 0 Å². The number of hydrogen-bond donors (Lipinski definition) is 2. The first-order valence-corrected chi connectivity index (χ1v) is 15.1. The van der Waals surface area contributed by atoms with Gasteiger partial charge in [0.15, 0.2) is 5.82 Å². The molecule has 0 aliphatic carbocycles. The monoisotopic (exact) mass is 586 g/mol. The lowest BCUT2D eigenvalue weighted by molar-refractivity contribution is 0.0663. The molecular formula is C32H42N8O3. The molecule has 2 fully saturated rings. The van der Waals surface area contributed by atoms with Gasteiger partial charge in [-0.1, -0.05) is 13.8 Å². The number of nitrogens with zero attached hydrogens (tertiary/aromatic N) is 6. The standard InChI is InChI=1S/C32H42N8O3/c1-22(2)21-28-35-29(37-31(36-28)40-17-19-43-20-18-40)23-5-9-25(10-6-23)33-32(42)34-26-11-7-24(8-12-26)30(41)39-15-13-27(14-16-39)38(3)4/h5-12,22,27H,13-21H2,1-4H3,(H2,33,34,42). The topological polar surface area (TPSA) is 116 Å². The highest BCUT2D eigenvalue weighted by Gasteiger charge is 2.24. The van der Waals surface area contributed by atoms with Crippen LogP contribution in [0.1, 0.15) is 42.9 Å². The Hall–Kier alpha value is -4.09. The number of ether oxygens (including phenoxy) is 1. The van der Waals surface area contributed by atoms with E-state index in [1.807, 2.05) is 29.2 Å². The number of nitrogens with one attached hydrogen (secondary N) is 2. The summed E-state index contributed by atoms with van der Waals surface area (Å²) in [5, 5.41) is 5.71. The third-order valence-electron chi connectivity index (χ3n) is 7.83. The van der Waals surface area contributed by atoms with Crippen molar-refractivity contribution in [2.75, 3.05) is 69.0 Å². The number of likely N-dealkylation sites (tertiary alicyclic amines) is 1. The van der Waals surface area contributed by atoms with E-state index in [9.17, 15) is 9.59 Å². The molecule has 2 saturated heterocycles. The van der Waals surface area contributed by atoms with Gasteiger partial charge in [-0.05, 0) is 81.4 Å². The van der Waals surface area contributed by atoms with Crippen molar-refractivity contribution in [3.8, 4) is 11.4 Å². The molecule has 3 amide bonds. The Morgan fingerprint density at radius 2 is 1.49 bits per heavy atom. The number of carbonyl (C=O) groups is 2. The first-order valence-electron chi connectivity index (χ1n) is 15.1. The van der Waals surface area contributed by atoms with E-state index in [2.05, 4.69) is 48.4 Å². The molecule has 0 bridgehead atoms. The molecule has 5 rings (SSSR count). The number of rotatable bonds is 8. The summed E-state index contributed by atoms with van der Waals surface area (Å²) in [4.78, 5) is 46.1. The molecule has 2 aromatic carbocycles. The van der Waals surface area contributed by atoms with Crippen LogP contribution in [-0.4, -0.2) is 96.2 Å². The van der Waals surface area contributed by atoms with Crippen LogP contribution in [0.15, 0.2) is 48.5 Å². The number of hydrogen-bond acceptors (Lipinski definition) is 8. The molecule has 3 aromatic rings. The molecular weight excluding hydrogens is 544 g/mol. The summed E-state index contributed by atoms with van der Waals surface area (Å²) in [5.41, 5.74) is 2.71. The van der Waals surface area contributed by atoms with E-state index < -0.39 is 0 Å². The minimum absolute atomic E-state index is 0.0277. The Bertz CT molecular complexity index is 1380. The maximum absolute atomic E-state index is 12.9. The van der Waals surface area contributed by atoms with Crippen LogP contribution in [-0.2, 0) is 11.2 Å². The average Bonchev–Trinajstić information content (AvgIpc) is 3.01. The third kappa shape index (κ3) is 8.05. The van der Waals surface area contributed by atoms with Crippen molar-refractivity contribution in [1.29, 1.82) is 0 Å².